The molecular weight excluding hydrogens is 312 g/mol. The standard InChI is InChI=1S/C14H19ClN2O3S/c1-9(21(19)11-4-6-20-7-5-11)14(18)17-10-2-3-12(15)13(16)8-10/h2-3,8-9,11H,4-7,16H2,1H3,(H,17,18). The summed E-state index contributed by atoms with van der Waals surface area (Å²) in [6.45, 7) is 2.90. The first-order valence-electron chi connectivity index (χ1n) is 6.82. The number of rotatable bonds is 4. The van der Waals surface area contributed by atoms with Crippen LogP contribution in [0.2, 0.25) is 5.02 Å². The second-order valence-corrected chi connectivity index (χ2v) is 7.45. The molecule has 0 bridgehead atoms. The van der Waals surface area contributed by atoms with Crippen LogP contribution in [0.3, 0.4) is 0 Å². The van der Waals surface area contributed by atoms with E-state index in [4.69, 9.17) is 22.1 Å². The monoisotopic (exact) mass is 330 g/mol. The van der Waals surface area contributed by atoms with Gasteiger partial charge in [-0.3, -0.25) is 9.00 Å². The van der Waals surface area contributed by atoms with Gasteiger partial charge in [0.25, 0.3) is 0 Å². The minimum absolute atomic E-state index is 0.0230. The van der Waals surface area contributed by atoms with E-state index in [1.807, 2.05) is 0 Å². The summed E-state index contributed by atoms with van der Waals surface area (Å²) >= 11 is 5.83. The Hall–Kier alpha value is -1.11. The van der Waals surface area contributed by atoms with E-state index >= 15 is 0 Å². The van der Waals surface area contributed by atoms with Gasteiger partial charge in [0.2, 0.25) is 5.91 Å². The molecule has 3 N–H and O–H groups in total. The quantitative estimate of drug-likeness (QED) is 0.829. The molecule has 1 aliphatic rings. The molecule has 1 aromatic carbocycles. The summed E-state index contributed by atoms with van der Waals surface area (Å²) in [4.78, 5) is 12.2. The first-order chi connectivity index (χ1) is 9.99. The first kappa shape index (κ1) is 16.3. The molecule has 1 heterocycles. The van der Waals surface area contributed by atoms with Crippen molar-refractivity contribution in [2.45, 2.75) is 30.3 Å². The third-order valence-corrected chi connectivity index (χ3v) is 5.86. The van der Waals surface area contributed by atoms with Gasteiger partial charge in [0.05, 0.1) is 10.7 Å². The van der Waals surface area contributed by atoms with Gasteiger partial charge in [-0.25, -0.2) is 0 Å². The molecule has 1 aliphatic heterocycles. The Morgan fingerprint density at radius 1 is 1.48 bits per heavy atom. The second kappa shape index (κ2) is 7.24. The van der Waals surface area contributed by atoms with Crippen LogP contribution in [-0.4, -0.2) is 33.8 Å². The number of benzene rings is 1. The molecule has 1 aromatic rings. The molecule has 7 heteroatoms. The molecule has 1 fully saturated rings. The van der Waals surface area contributed by atoms with E-state index in [0.717, 1.165) is 12.8 Å². The molecule has 0 aliphatic carbocycles. The highest BCUT2D eigenvalue weighted by Crippen LogP contribution is 2.23. The molecule has 0 saturated carbocycles. The number of amides is 1. The third kappa shape index (κ3) is 4.18. The van der Waals surface area contributed by atoms with Crippen molar-refractivity contribution in [1.29, 1.82) is 0 Å². The normalized spacial score (nSPS) is 19.0. The summed E-state index contributed by atoms with van der Waals surface area (Å²) in [7, 11) is -1.21. The zero-order chi connectivity index (χ0) is 15.4. The minimum atomic E-state index is -1.21. The van der Waals surface area contributed by atoms with Crippen LogP contribution in [0, 0.1) is 0 Å². The van der Waals surface area contributed by atoms with Gasteiger partial charge in [-0.05, 0) is 38.0 Å². The highest BCUT2D eigenvalue weighted by Gasteiger charge is 2.28. The predicted molar refractivity (Wildman–Crippen MR) is 85.9 cm³/mol. The maximum atomic E-state index is 12.4. The number of hydrogen-bond acceptors (Lipinski definition) is 4. The Morgan fingerprint density at radius 2 is 2.14 bits per heavy atom. The van der Waals surface area contributed by atoms with E-state index in [1.165, 1.54) is 0 Å². The van der Waals surface area contributed by atoms with Crippen molar-refractivity contribution in [1.82, 2.24) is 0 Å². The Bertz CT molecular complexity index is 547. The first-order valence-corrected chi connectivity index (χ1v) is 8.47. The van der Waals surface area contributed by atoms with Crippen LogP contribution < -0.4 is 11.1 Å². The van der Waals surface area contributed by atoms with E-state index in [1.54, 1.807) is 25.1 Å². The number of carbonyl (C=O) groups is 1. The van der Waals surface area contributed by atoms with Gasteiger partial charge in [-0.15, -0.1) is 0 Å². The number of halogens is 1. The summed E-state index contributed by atoms with van der Waals surface area (Å²) in [5.41, 5.74) is 6.64. The number of hydrogen-bond donors (Lipinski definition) is 2. The van der Waals surface area contributed by atoms with E-state index in [0.29, 0.717) is 29.6 Å². The Balaban J connectivity index is 1.98. The van der Waals surface area contributed by atoms with Gasteiger partial charge in [0.15, 0.2) is 0 Å². The molecule has 0 radical (unpaired) electrons. The van der Waals surface area contributed by atoms with Gasteiger partial charge < -0.3 is 15.8 Å². The summed E-state index contributed by atoms with van der Waals surface area (Å²) < 4.78 is 17.6. The van der Waals surface area contributed by atoms with Gasteiger partial charge in [0, 0.05) is 35.0 Å². The lowest BCUT2D eigenvalue weighted by atomic mass is 10.2. The third-order valence-electron chi connectivity index (χ3n) is 3.48. The fraction of sp³-hybridized carbons (Fsp3) is 0.500. The summed E-state index contributed by atoms with van der Waals surface area (Å²) in [5, 5.41) is 2.61. The molecule has 21 heavy (non-hydrogen) atoms. The molecule has 2 atom stereocenters. The molecule has 0 aromatic heterocycles. The van der Waals surface area contributed by atoms with Crippen LogP contribution in [0.25, 0.3) is 0 Å². The summed E-state index contributed by atoms with van der Waals surface area (Å²) in [6.07, 6.45) is 1.47. The van der Waals surface area contributed by atoms with Crippen LogP contribution in [-0.2, 0) is 20.3 Å². The SMILES string of the molecule is CC(C(=O)Nc1ccc(Cl)c(N)c1)S(=O)C1CCOCC1. The van der Waals surface area contributed by atoms with Crippen LogP contribution in [0.5, 0.6) is 0 Å². The number of anilines is 2. The lowest BCUT2D eigenvalue weighted by Crippen LogP contribution is -2.36. The molecule has 2 rings (SSSR count). The van der Waals surface area contributed by atoms with E-state index in [-0.39, 0.29) is 11.2 Å². The van der Waals surface area contributed by atoms with Crippen molar-refractivity contribution >= 4 is 39.7 Å². The van der Waals surface area contributed by atoms with E-state index in [2.05, 4.69) is 5.32 Å². The Kier molecular flexibility index (Phi) is 5.61. The van der Waals surface area contributed by atoms with Crippen LogP contribution in [0.4, 0.5) is 11.4 Å². The van der Waals surface area contributed by atoms with Gasteiger partial charge in [0.1, 0.15) is 5.25 Å². The number of nitrogens with two attached hydrogens (primary N) is 1. The number of nitrogen functional groups attached to an aromatic ring is 1. The van der Waals surface area contributed by atoms with Crippen molar-refractivity contribution in [2.24, 2.45) is 0 Å². The predicted octanol–water partition coefficient (Wildman–Crippen LogP) is 2.18. The van der Waals surface area contributed by atoms with Crippen molar-refractivity contribution in [3.8, 4) is 0 Å². The van der Waals surface area contributed by atoms with Gasteiger partial charge >= 0.3 is 0 Å². The number of nitrogens with one attached hydrogen (secondary N) is 1. The van der Waals surface area contributed by atoms with Crippen LogP contribution in [0.1, 0.15) is 19.8 Å². The lowest BCUT2D eigenvalue weighted by molar-refractivity contribution is -0.115. The maximum Gasteiger partial charge on any atom is 0.239 e. The maximum absolute atomic E-state index is 12.4. The van der Waals surface area contributed by atoms with Crippen molar-refractivity contribution in [3.05, 3.63) is 23.2 Å². The van der Waals surface area contributed by atoms with Crippen molar-refractivity contribution in [2.75, 3.05) is 24.3 Å². The highest BCUT2D eigenvalue weighted by molar-refractivity contribution is 7.87. The Labute approximate surface area is 131 Å². The summed E-state index contributed by atoms with van der Waals surface area (Å²) in [5.74, 6) is -0.276. The second-order valence-electron chi connectivity index (χ2n) is 5.01. The molecular formula is C14H19ClN2O3S. The molecule has 0 spiro atoms. The van der Waals surface area contributed by atoms with Crippen LogP contribution in [0.15, 0.2) is 18.2 Å². The molecule has 2 unspecified atom stereocenters. The highest BCUT2D eigenvalue weighted by atomic mass is 35.5. The minimum Gasteiger partial charge on any atom is -0.397 e. The lowest BCUT2D eigenvalue weighted by Gasteiger charge is -2.24. The zero-order valence-corrected chi connectivity index (χ0v) is 13.4. The molecule has 5 nitrogen and oxygen atoms in total. The fourth-order valence-corrected chi connectivity index (χ4v) is 3.79. The van der Waals surface area contributed by atoms with Gasteiger partial charge in [-0.1, -0.05) is 11.6 Å². The smallest absolute Gasteiger partial charge is 0.239 e. The molecule has 1 amide bonds. The topological polar surface area (TPSA) is 81.4 Å². The number of carbonyl (C=O) groups excluding carboxylic acids is 1. The van der Waals surface area contributed by atoms with E-state index < -0.39 is 16.0 Å². The molecule has 116 valence electrons. The van der Waals surface area contributed by atoms with Crippen LogP contribution >= 0.6 is 11.6 Å². The zero-order valence-electron chi connectivity index (χ0n) is 11.8. The van der Waals surface area contributed by atoms with E-state index in [9.17, 15) is 9.00 Å². The average molecular weight is 331 g/mol. The fourth-order valence-electron chi connectivity index (χ4n) is 2.17. The van der Waals surface area contributed by atoms with Crippen molar-refractivity contribution in [3.63, 3.8) is 0 Å². The summed E-state index contributed by atoms with van der Waals surface area (Å²) in [6, 6.07) is 4.87. The Morgan fingerprint density at radius 3 is 2.76 bits per heavy atom. The number of ether oxygens (including phenoxy) is 1. The van der Waals surface area contributed by atoms with Crippen molar-refractivity contribution < 1.29 is 13.7 Å². The largest absolute Gasteiger partial charge is 0.397 e. The van der Waals surface area contributed by atoms with Gasteiger partial charge in [-0.2, -0.15) is 0 Å². The molecule has 1 saturated heterocycles. The average Bonchev–Trinajstić information content (AvgIpc) is 2.50.